The van der Waals surface area contributed by atoms with Gasteiger partial charge in [-0.15, -0.1) is 0 Å². The van der Waals surface area contributed by atoms with E-state index in [2.05, 4.69) is 24.4 Å². The van der Waals surface area contributed by atoms with E-state index in [4.69, 9.17) is 15.5 Å². The van der Waals surface area contributed by atoms with Crippen molar-refractivity contribution in [2.24, 2.45) is 5.73 Å². The summed E-state index contributed by atoms with van der Waals surface area (Å²) in [5, 5.41) is 3.40. The van der Waals surface area contributed by atoms with E-state index in [1.165, 1.54) is 5.56 Å². The van der Waals surface area contributed by atoms with Crippen molar-refractivity contribution in [3.63, 3.8) is 0 Å². The first kappa shape index (κ1) is 20.1. The zero-order valence-corrected chi connectivity index (χ0v) is 17.1. The first-order chi connectivity index (χ1) is 13.4. The van der Waals surface area contributed by atoms with Crippen LogP contribution in [0.1, 0.15) is 56.5 Å². The Kier molecular flexibility index (Phi) is 6.19. The Morgan fingerprint density at radius 2 is 2.07 bits per heavy atom. The molecule has 0 spiro atoms. The molecule has 2 heterocycles. The van der Waals surface area contributed by atoms with Crippen molar-refractivity contribution in [1.82, 2.24) is 4.98 Å². The molecule has 3 rings (SSSR count). The van der Waals surface area contributed by atoms with E-state index in [9.17, 15) is 4.79 Å². The molecule has 0 saturated heterocycles. The fourth-order valence-electron chi connectivity index (χ4n) is 3.60. The first-order valence-corrected chi connectivity index (χ1v) is 9.95. The molecule has 1 aromatic heterocycles. The summed E-state index contributed by atoms with van der Waals surface area (Å²) in [7, 11) is 0. The summed E-state index contributed by atoms with van der Waals surface area (Å²) in [6, 6.07) is 12.0. The Labute approximate surface area is 167 Å². The molecule has 0 bridgehead atoms. The molecule has 3 N–H and O–H groups in total. The van der Waals surface area contributed by atoms with Crippen LogP contribution in [0.5, 0.6) is 0 Å². The number of rotatable bonds is 5. The Morgan fingerprint density at radius 1 is 1.36 bits per heavy atom. The molecule has 1 amide bonds. The lowest BCUT2D eigenvalue weighted by Crippen LogP contribution is -2.47. The summed E-state index contributed by atoms with van der Waals surface area (Å²) in [6.45, 7) is 8.45. The largest absolute Gasteiger partial charge is 0.446 e. The highest BCUT2D eigenvalue weighted by Crippen LogP contribution is 2.38. The standard InChI is InChI=1S/C22H30N4O2/c1-5-17-12-18(23)20-19(26(17)22(27)28-14(2)3)11-15(4)21(25-20)24-13-16-9-7-6-8-10-16/h6-11,14,17-18H,5,12-13,23H2,1-4H3,(H,24,25). The van der Waals surface area contributed by atoms with Gasteiger partial charge in [0.2, 0.25) is 0 Å². The molecule has 28 heavy (non-hydrogen) atoms. The van der Waals surface area contributed by atoms with E-state index in [1.54, 1.807) is 4.90 Å². The maximum absolute atomic E-state index is 12.8. The molecule has 0 saturated carbocycles. The molecule has 6 heteroatoms. The Hall–Kier alpha value is -2.60. The van der Waals surface area contributed by atoms with E-state index in [0.717, 1.165) is 29.2 Å². The topological polar surface area (TPSA) is 80.5 Å². The molecule has 1 aromatic carbocycles. The van der Waals surface area contributed by atoms with Crippen molar-refractivity contribution in [2.75, 3.05) is 10.2 Å². The van der Waals surface area contributed by atoms with Crippen molar-refractivity contribution in [1.29, 1.82) is 0 Å². The van der Waals surface area contributed by atoms with Crippen LogP contribution in [0.4, 0.5) is 16.3 Å². The van der Waals surface area contributed by atoms with Crippen molar-refractivity contribution >= 4 is 17.6 Å². The number of ether oxygens (including phenoxy) is 1. The van der Waals surface area contributed by atoms with Gasteiger partial charge < -0.3 is 15.8 Å². The highest BCUT2D eigenvalue weighted by Gasteiger charge is 2.36. The minimum absolute atomic E-state index is 0.0121. The molecule has 6 nitrogen and oxygen atoms in total. The number of aryl methyl sites for hydroxylation is 1. The third-order valence-corrected chi connectivity index (χ3v) is 5.03. The number of fused-ring (bicyclic) bond motifs is 1. The number of anilines is 2. The highest BCUT2D eigenvalue weighted by molar-refractivity contribution is 5.90. The van der Waals surface area contributed by atoms with Gasteiger partial charge in [0.1, 0.15) is 5.82 Å². The monoisotopic (exact) mass is 382 g/mol. The number of aromatic nitrogens is 1. The van der Waals surface area contributed by atoms with E-state index in [1.807, 2.05) is 45.0 Å². The predicted octanol–water partition coefficient (Wildman–Crippen LogP) is 4.54. The summed E-state index contributed by atoms with van der Waals surface area (Å²) in [5.41, 5.74) is 10.1. The van der Waals surface area contributed by atoms with Crippen LogP contribution >= 0.6 is 0 Å². The molecule has 0 radical (unpaired) electrons. The number of hydrogen-bond donors (Lipinski definition) is 2. The summed E-state index contributed by atoms with van der Waals surface area (Å²) in [6.07, 6.45) is 0.976. The lowest BCUT2D eigenvalue weighted by Gasteiger charge is -2.38. The van der Waals surface area contributed by atoms with E-state index in [0.29, 0.717) is 13.0 Å². The quantitative estimate of drug-likeness (QED) is 0.794. The number of pyridine rings is 1. The van der Waals surface area contributed by atoms with E-state index in [-0.39, 0.29) is 24.3 Å². The second kappa shape index (κ2) is 8.61. The smallest absolute Gasteiger partial charge is 0.414 e. The van der Waals surface area contributed by atoms with Crippen LogP contribution in [0.15, 0.2) is 36.4 Å². The Balaban J connectivity index is 1.92. The first-order valence-electron chi connectivity index (χ1n) is 9.95. The molecule has 2 unspecified atom stereocenters. The van der Waals surface area contributed by atoms with Crippen molar-refractivity contribution in [3.05, 3.63) is 53.2 Å². The van der Waals surface area contributed by atoms with Gasteiger partial charge in [-0.25, -0.2) is 9.78 Å². The van der Waals surface area contributed by atoms with Crippen LogP contribution in [-0.4, -0.2) is 23.2 Å². The number of carbonyl (C=O) groups is 1. The van der Waals surface area contributed by atoms with Crippen molar-refractivity contribution in [2.45, 2.75) is 65.3 Å². The second-order valence-electron chi connectivity index (χ2n) is 7.60. The van der Waals surface area contributed by atoms with Gasteiger partial charge >= 0.3 is 6.09 Å². The maximum atomic E-state index is 12.8. The normalized spacial score (nSPS) is 18.7. The zero-order valence-electron chi connectivity index (χ0n) is 17.1. The molecule has 150 valence electrons. The third-order valence-electron chi connectivity index (χ3n) is 5.03. The van der Waals surface area contributed by atoms with Crippen LogP contribution in [0.3, 0.4) is 0 Å². The van der Waals surface area contributed by atoms with Crippen LogP contribution in [0.25, 0.3) is 0 Å². The highest BCUT2D eigenvalue weighted by atomic mass is 16.6. The predicted molar refractivity (Wildman–Crippen MR) is 112 cm³/mol. The van der Waals surface area contributed by atoms with Gasteiger partial charge in [-0.3, -0.25) is 4.90 Å². The van der Waals surface area contributed by atoms with Gasteiger partial charge in [-0.05, 0) is 50.8 Å². The fourth-order valence-corrected chi connectivity index (χ4v) is 3.60. The van der Waals surface area contributed by atoms with Crippen LogP contribution in [0.2, 0.25) is 0 Å². The minimum atomic E-state index is -0.332. The number of nitrogens with one attached hydrogen (secondary N) is 1. The molecule has 1 aliphatic rings. The molecule has 1 aliphatic heterocycles. The van der Waals surface area contributed by atoms with Crippen molar-refractivity contribution < 1.29 is 9.53 Å². The van der Waals surface area contributed by atoms with Crippen molar-refractivity contribution in [3.8, 4) is 0 Å². The summed E-state index contributed by atoms with van der Waals surface area (Å²) >= 11 is 0. The van der Waals surface area contributed by atoms with Crippen LogP contribution in [-0.2, 0) is 11.3 Å². The number of hydrogen-bond acceptors (Lipinski definition) is 5. The van der Waals surface area contributed by atoms with E-state index < -0.39 is 0 Å². The summed E-state index contributed by atoms with van der Waals surface area (Å²) in [4.78, 5) is 19.3. The molecular weight excluding hydrogens is 352 g/mol. The Bertz CT molecular complexity index is 823. The number of nitrogens with zero attached hydrogens (tertiary/aromatic N) is 2. The minimum Gasteiger partial charge on any atom is -0.446 e. The van der Waals surface area contributed by atoms with Gasteiger partial charge in [0.15, 0.2) is 0 Å². The van der Waals surface area contributed by atoms with Gasteiger partial charge in [0.05, 0.1) is 23.5 Å². The number of benzene rings is 1. The maximum Gasteiger partial charge on any atom is 0.414 e. The Morgan fingerprint density at radius 3 is 2.71 bits per heavy atom. The number of amides is 1. The molecule has 0 aliphatic carbocycles. The zero-order chi connectivity index (χ0) is 20.3. The molecular formula is C22H30N4O2. The van der Waals surface area contributed by atoms with Gasteiger partial charge in [0.25, 0.3) is 0 Å². The third kappa shape index (κ3) is 4.28. The number of carbonyl (C=O) groups excluding carboxylic acids is 1. The number of nitrogens with two attached hydrogens (primary N) is 1. The average molecular weight is 383 g/mol. The van der Waals surface area contributed by atoms with Gasteiger partial charge in [0, 0.05) is 12.6 Å². The second-order valence-corrected chi connectivity index (χ2v) is 7.60. The van der Waals surface area contributed by atoms with Crippen LogP contribution < -0.4 is 16.0 Å². The molecule has 2 aromatic rings. The van der Waals surface area contributed by atoms with Gasteiger partial charge in [-0.2, -0.15) is 0 Å². The SMILES string of the molecule is CCC1CC(N)c2nc(NCc3ccccc3)c(C)cc2N1C(=O)OC(C)C. The molecule has 0 fully saturated rings. The molecule has 2 atom stereocenters. The fraction of sp³-hybridized carbons (Fsp3) is 0.455. The summed E-state index contributed by atoms with van der Waals surface area (Å²) in [5.74, 6) is 0.796. The summed E-state index contributed by atoms with van der Waals surface area (Å²) < 4.78 is 5.49. The van der Waals surface area contributed by atoms with E-state index >= 15 is 0 Å². The average Bonchev–Trinajstić information content (AvgIpc) is 2.66. The lowest BCUT2D eigenvalue weighted by molar-refractivity contribution is 0.119. The lowest BCUT2D eigenvalue weighted by atomic mass is 9.93. The van der Waals surface area contributed by atoms with Gasteiger partial charge in [-0.1, -0.05) is 37.3 Å². The van der Waals surface area contributed by atoms with Crippen LogP contribution in [0, 0.1) is 6.92 Å².